The zero-order valence-electron chi connectivity index (χ0n) is 13.7. The van der Waals surface area contributed by atoms with Crippen LogP contribution in [0.3, 0.4) is 0 Å². The number of para-hydroxylation sites is 2. The SMILES string of the molecule is CC1(C)CC(NC(=O)COc2ccccc2F)c2ccccc2O1. The van der Waals surface area contributed by atoms with Crippen LogP contribution < -0.4 is 14.8 Å². The van der Waals surface area contributed by atoms with Gasteiger partial charge in [0.05, 0.1) is 6.04 Å². The normalized spacial score (nSPS) is 18.2. The molecule has 2 aromatic rings. The maximum atomic E-state index is 13.5. The summed E-state index contributed by atoms with van der Waals surface area (Å²) in [6.07, 6.45) is 0.648. The molecule has 0 aliphatic carbocycles. The fourth-order valence-electron chi connectivity index (χ4n) is 2.87. The van der Waals surface area contributed by atoms with Gasteiger partial charge in [-0.2, -0.15) is 0 Å². The van der Waals surface area contributed by atoms with Crippen molar-refractivity contribution in [3.05, 3.63) is 59.9 Å². The molecule has 1 aliphatic heterocycles. The van der Waals surface area contributed by atoms with E-state index in [0.29, 0.717) is 6.42 Å². The number of hydrogen-bond donors (Lipinski definition) is 1. The Morgan fingerprint density at radius 3 is 2.75 bits per heavy atom. The molecular weight excluding hydrogens is 309 g/mol. The molecule has 1 amide bonds. The van der Waals surface area contributed by atoms with Crippen LogP contribution in [-0.4, -0.2) is 18.1 Å². The number of hydrogen-bond acceptors (Lipinski definition) is 3. The lowest BCUT2D eigenvalue weighted by atomic mass is 9.90. The smallest absolute Gasteiger partial charge is 0.258 e. The van der Waals surface area contributed by atoms with Crippen molar-refractivity contribution in [1.82, 2.24) is 5.32 Å². The van der Waals surface area contributed by atoms with E-state index in [1.165, 1.54) is 12.1 Å². The molecule has 126 valence electrons. The molecule has 0 spiro atoms. The average molecular weight is 329 g/mol. The molecule has 3 rings (SSSR count). The van der Waals surface area contributed by atoms with E-state index in [1.54, 1.807) is 12.1 Å². The Morgan fingerprint density at radius 2 is 1.96 bits per heavy atom. The van der Waals surface area contributed by atoms with Crippen LogP contribution in [0.15, 0.2) is 48.5 Å². The predicted molar refractivity (Wildman–Crippen MR) is 88.5 cm³/mol. The molecule has 0 radical (unpaired) electrons. The van der Waals surface area contributed by atoms with Gasteiger partial charge in [0.15, 0.2) is 18.2 Å². The molecule has 5 heteroatoms. The number of rotatable bonds is 4. The van der Waals surface area contributed by atoms with Crippen LogP contribution >= 0.6 is 0 Å². The summed E-state index contributed by atoms with van der Waals surface area (Å²) < 4.78 is 24.7. The summed E-state index contributed by atoms with van der Waals surface area (Å²) in [5, 5.41) is 2.95. The minimum absolute atomic E-state index is 0.0698. The molecule has 24 heavy (non-hydrogen) atoms. The monoisotopic (exact) mass is 329 g/mol. The van der Waals surface area contributed by atoms with Gasteiger partial charge < -0.3 is 14.8 Å². The van der Waals surface area contributed by atoms with Gasteiger partial charge in [-0.25, -0.2) is 4.39 Å². The van der Waals surface area contributed by atoms with Crippen LogP contribution in [0.5, 0.6) is 11.5 Å². The van der Waals surface area contributed by atoms with Crippen molar-refractivity contribution in [3.8, 4) is 11.5 Å². The number of halogens is 1. The van der Waals surface area contributed by atoms with Crippen molar-refractivity contribution in [3.63, 3.8) is 0 Å². The van der Waals surface area contributed by atoms with Crippen LogP contribution in [0.1, 0.15) is 31.9 Å². The van der Waals surface area contributed by atoms with E-state index in [0.717, 1.165) is 11.3 Å². The van der Waals surface area contributed by atoms with Gasteiger partial charge in [0.2, 0.25) is 0 Å². The zero-order chi connectivity index (χ0) is 17.2. The Bertz CT molecular complexity index is 745. The summed E-state index contributed by atoms with van der Waals surface area (Å²) in [5.74, 6) is 0.0630. The standard InChI is InChI=1S/C19H20FNO3/c1-19(2)11-15(13-7-3-5-9-16(13)24-19)21-18(22)12-23-17-10-6-4-8-14(17)20/h3-10,15H,11-12H2,1-2H3,(H,21,22). The lowest BCUT2D eigenvalue weighted by molar-refractivity contribution is -0.124. The first-order chi connectivity index (χ1) is 11.4. The van der Waals surface area contributed by atoms with Gasteiger partial charge in [-0.15, -0.1) is 0 Å². The second kappa shape index (κ2) is 6.51. The van der Waals surface area contributed by atoms with E-state index in [4.69, 9.17) is 9.47 Å². The summed E-state index contributed by atoms with van der Waals surface area (Å²) in [6.45, 7) is 3.73. The highest BCUT2D eigenvalue weighted by atomic mass is 19.1. The third-order valence-electron chi connectivity index (χ3n) is 3.91. The van der Waals surface area contributed by atoms with E-state index in [2.05, 4.69) is 5.32 Å². The summed E-state index contributed by atoms with van der Waals surface area (Å²) in [4.78, 5) is 12.2. The van der Waals surface area contributed by atoms with Gasteiger partial charge in [-0.05, 0) is 32.0 Å². The molecule has 0 saturated carbocycles. The van der Waals surface area contributed by atoms with E-state index in [1.807, 2.05) is 38.1 Å². The Balaban J connectivity index is 1.67. The number of benzene rings is 2. The van der Waals surface area contributed by atoms with Crippen molar-refractivity contribution >= 4 is 5.91 Å². The zero-order valence-corrected chi connectivity index (χ0v) is 13.7. The molecule has 0 fully saturated rings. The van der Waals surface area contributed by atoms with Gasteiger partial charge in [0.1, 0.15) is 11.4 Å². The van der Waals surface area contributed by atoms with Crippen molar-refractivity contribution < 1.29 is 18.7 Å². The van der Waals surface area contributed by atoms with Gasteiger partial charge in [0.25, 0.3) is 5.91 Å². The van der Waals surface area contributed by atoms with Crippen molar-refractivity contribution in [2.24, 2.45) is 0 Å². The maximum absolute atomic E-state index is 13.5. The third kappa shape index (κ3) is 3.67. The Hall–Kier alpha value is -2.56. The maximum Gasteiger partial charge on any atom is 0.258 e. The lowest BCUT2D eigenvalue weighted by Gasteiger charge is -2.37. The van der Waals surface area contributed by atoms with Crippen LogP contribution in [-0.2, 0) is 4.79 Å². The quantitative estimate of drug-likeness (QED) is 0.932. The highest BCUT2D eigenvalue weighted by Crippen LogP contribution is 2.39. The second-order valence-corrected chi connectivity index (χ2v) is 6.44. The molecule has 2 aromatic carbocycles. The molecule has 0 aromatic heterocycles. The Kier molecular flexibility index (Phi) is 4.42. The summed E-state index contributed by atoms with van der Waals surface area (Å²) in [7, 11) is 0. The first-order valence-corrected chi connectivity index (χ1v) is 7.89. The summed E-state index contributed by atoms with van der Waals surface area (Å²) >= 11 is 0. The van der Waals surface area contributed by atoms with Gasteiger partial charge in [-0.3, -0.25) is 4.79 Å². The number of amides is 1. The topological polar surface area (TPSA) is 47.6 Å². The van der Waals surface area contributed by atoms with Crippen LogP contribution in [0.4, 0.5) is 4.39 Å². The first kappa shape index (κ1) is 16.3. The summed E-state index contributed by atoms with van der Waals surface area (Å²) in [5.41, 5.74) is 0.565. The fraction of sp³-hybridized carbons (Fsp3) is 0.316. The van der Waals surface area contributed by atoms with Crippen LogP contribution in [0.25, 0.3) is 0 Å². The van der Waals surface area contributed by atoms with E-state index in [9.17, 15) is 9.18 Å². The van der Waals surface area contributed by atoms with Crippen molar-refractivity contribution in [2.75, 3.05) is 6.61 Å². The third-order valence-corrected chi connectivity index (χ3v) is 3.91. The molecule has 0 saturated heterocycles. The molecule has 1 aliphatic rings. The molecule has 0 bridgehead atoms. The second-order valence-electron chi connectivity index (χ2n) is 6.44. The Morgan fingerprint density at radius 1 is 1.25 bits per heavy atom. The van der Waals surface area contributed by atoms with Gasteiger partial charge in [-0.1, -0.05) is 30.3 Å². The highest BCUT2D eigenvalue weighted by molar-refractivity contribution is 5.78. The minimum atomic E-state index is -0.483. The number of nitrogens with one attached hydrogen (secondary N) is 1. The largest absolute Gasteiger partial charge is 0.487 e. The highest BCUT2D eigenvalue weighted by Gasteiger charge is 2.34. The molecule has 1 unspecified atom stereocenters. The summed E-state index contributed by atoms with van der Waals surface area (Å²) in [6, 6.07) is 13.5. The fourth-order valence-corrected chi connectivity index (χ4v) is 2.87. The number of carbonyl (C=O) groups is 1. The van der Waals surface area contributed by atoms with Crippen LogP contribution in [0.2, 0.25) is 0 Å². The van der Waals surface area contributed by atoms with Crippen molar-refractivity contribution in [2.45, 2.75) is 31.9 Å². The number of carbonyl (C=O) groups excluding carboxylic acids is 1. The predicted octanol–water partition coefficient (Wildman–Crippen LogP) is 3.62. The first-order valence-electron chi connectivity index (χ1n) is 7.89. The van der Waals surface area contributed by atoms with Crippen molar-refractivity contribution in [1.29, 1.82) is 0 Å². The molecular formula is C19H20FNO3. The minimum Gasteiger partial charge on any atom is -0.487 e. The molecule has 4 nitrogen and oxygen atoms in total. The molecule has 1 heterocycles. The lowest BCUT2D eigenvalue weighted by Crippen LogP contribution is -2.42. The van der Waals surface area contributed by atoms with Gasteiger partial charge in [0, 0.05) is 12.0 Å². The van der Waals surface area contributed by atoms with E-state index in [-0.39, 0.29) is 29.9 Å². The Labute approximate surface area is 140 Å². The molecule has 1 atom stereocenters. The number of fused-ring (bicyclic) bond motifs is 1. The van der Waals surface area contributed by atoms with E-state index >= 15 is 0 Å². The number of ether oxygens (including phenoxy) is 2. The van der Waals surface area contributed by atoms with Gasteiger partial charge >= 0.3 is 0 Å². The van der Waals surface area contributed by atoms with E-state index < -0.39 is 5.82 Å². The van der Waals surface area contributed by atoms with Crippen LogP contribution in [0, 0.1) is 5.82 Å². The average Bonchev–Trinajstić information content (AvgIpc) is 2.53. The molecule has 1 N–H and O–H groups in total.